The largest absolute Gasteiger partial charge is 0.444 e. The average Bonchev–Trinajstić information content (AvgIpc) is 2.87. The van der Waals surface area contributed by atoms with Crippen LogP contribution in [-0.4, -0.2) is 62.3 Å². The third-order valence-electron chi connectivity index (χ3n) is 4.00. The van der Waals surface area contributed by atoms with E-state index in [1.807, 2.05) is 13.8 Å². The van der Waals surface area contributed by atoms with E-state index in [4.69, 9.17) is 9.15 Å². The standard InChI is InChI=1S/C16H29N5O2.HI/c1-12(11-21-5-7-22-8-6-21)9-18-16(17-4)19-10-15-20-13(2)14(3)23-15;/h12H,5-11H2,1-4H3,(H2,17,18,19);1H. The monoisotopic (exact) mass is 451 g/mol. The third-order valence-corrected chi connectivity index (χ3v) is 4.00. The quantitative estimate of drug-likeness (QED) is 0.389. The van der Waals surface area contributed by atoms with Gasteiger partial charge in [0.05, 0.1) is 25.5 Å². The van der Waals surface area contributed by atoms with Gasteiger partial charge in [0.15, 0.2) is 5.96 Å². The molecule has 0 bridgehead atoms. The van der Waals surface area contributed by atoms with Crippen LogP contribution in [0.25, 0.3) is 0 Å². The summed E-state index contributed by atoms with van der Waals surface area (Å²) in [7, 11) is 1.77. The van der Waals surface area contributed by atoms with Crippen LogP contribution < -0.4 is 10.6 Å². The Morgan fingerprint density at radius 2 is 2.00 bits per heavy atom. The van der Waals surface area contributed by atoms with E-state index in [0.29, 0.717) is 18.4 Å². The molecular weight excluding hydrogens is 421 g/mol. The highest BCUT2D eigenvalue weighted by Crippen LogP contribution is 2.07. The molecular formula is C16H30IN5O2. The first kappa shape index (κ1) is 21.2. The molecule has 1 aromatic rings. The summed E-state index contributed by atoms with van der Waals surface area (Å²) in [4.78, 5) is 11.0. The molecule has 1 atom stereocenters. The van der Waals surface area contributed by atoms with Crippen molar-refractivity contribution in [1.29, 1.82) is 0 Å². The molecule has 1 aromatic heterocycles. The molecule has 2 heterocycles. The lowest BCUT2D eigenvalue weighted by Crippen LogP contribution is -2.43. The van der Waals surface area contributed by atoms with Crippen LogP contribution in [0.15, 0.2) is 9.41 Å². The van der Waals surface area contributed by atoms with Crippen molar-refractivity contribution in [3.05, 3.63) is 17.3 Å². The molecule has 7 nitrogen and oxygen atoms in total. The van der Waals surface area contributed by atoms with Gasteiger partial charge in [-0.25, -0.2) is 4.98 Å². The topological polar surface area (TPSA) is 74.9 Å². The minimum Gasteiger partial charge on any atom is -0.444 e. The second-order valence-corrected chi connectivity index (χ2v) is 6.07. The Morgan fingerprint density at radius 3 is 2.58 bits per heavy atom. The Hall–Kier alpha value is -0.870. The maximum atomic E-state index is 5.56. The lowest BCUT2D eigenvalue weighted by Gasteiger charge is -2.29. The highest BCUT2D eigenvalue weighted by Gasteiger charge is 2.14. The van der Waals surface area contributed by atoms with E-state index in [1.54, 1.807) is 7.05 Å². The molecule has 1 aliphatic heterocycles. The van der Waals surface area contributed by atoms with Crippen LogP contribution in [0.2, 0.25) is 0 Å². The van der Waals surface area contributed by atoms with E-state index in [1.165, 1.54) is 0 Å². The fourth-order valence-corrected chi connectivity index (χ4v) is 2.55. The molecule has 1 aliphatic rings. The van der Waals surface area contributed by atoms with E-state index < -0.39 is 0 Å². The number of halogens is 1. The Labute approximate surface area is 161 Å². The summed E-state index contributed by atoms with van der Waals surface area (Å²) < 4.78 is 10.9. The van der Waals surface area contributed by atoms with E-state index in [2.05, 4.69) is 32.4 Å². The normalized spacial score (nSPS) is 17.2. The number of hydrogen-bond acceptors (Lipinski definition) is 5. The lowest BCUT2D eigenvalue weighted by molar-refractivity contribution is 0.0320. The zero-order valence-electron chi connectivity index (χ0n) is 15.1. The molecule has 1 fully saturated rings. The van der Waals surface area contributed by atoms with Crippen LogP contribution in [0.4, 0.5) is 0 Å². The smallest absolute Gasteiger partial charge is 0.214 e. The first-order chi connectivity index (χ1) is 11.1. The minimum absolute atomic E-state index is 0. The van der Waals surface area contributed by atoms with E-state index in [9.17, 15) is 0 Å². The zero-order valence-corrected chi connectivity index (χ0v) is 17.4. The van der Waals surface area contributed by atoms with Gasteiger partial charge in [-0.3, -0.25) is 9.89 Å². The number of nitrogens with one attached hydrogen (secondary N) is 2. The summed E-state index contributed by atoms with van der Waals surface area (Å²) in [5.74, 6) is 2.86. The van der Waals surface area contributed by atoms with Crippen molar-refractivity contribution < 1.29 is 9.15 Å². The number of aromatic nitrogens is 1. The first-order valence-corrected chi connectivity index (χ1v) is 8.26. The number of rotatable bonds is 6. The number of aryl methyl sites for hydroxylation is 2. The Morgan fingerprint density at radius 1 is 1.29 bits per heavy atom. The Balaban J connectivity index is 0.00000288. The van der Waals surface area contributed by atoms with Gasteiger partial charge in [0, 0.05) is 33.2 Å². The van der Waals surface area contributed by atoms with Crippen LogP contribution in [-0.2, 0) is 11.3 Å². The average molecular weight is 451 g/mol. The maximum Gasteiger partial charge on any atom is 0.214 e. The molecule has 0 amide bonds. The van der Waals surface area contributed by atoms with Crippen LogP contribution in [0.3, 0.4) is 0 Å². The van der Waals surface area contributed by atoms with Crippen molar-refractivity contribution in [1.82, 2.24) is 20.5 Å². The van der Waals surface area contributed by atoms with Crippen molar-refractivity contribution in [2.75, 3.05) is 46.4 Å². The third kappa shape index (κ3) is 6.94. The maximum absolute atomic E-state index is 5.56. The van der Waals surface area contributed by atoms with Crippen LogP contribution in [0.5, 0.6) is 0 Å². The van der Waals surface area contributed by atoms with Crippen molar-refractivity contribution in [3.63, 3.8) is 0 Å². The highest BCUT2D eigenvalue weighted by atomic mass is 127. The summed E-state index contributed by atoms with van der Waals surface area (Å²) in [5, 5.41) is 6.60. The Bertz CT molecular complexity index is 495. The number of hydrogen-bond donors (Lipinski definition) is 2. The molecule has 2 N–H and O–H groups in total. The van der Waals surface area contributed by atoms with E-state index in [0.717, 1.165) is 56.8 Å². The van der Waals surface area contributed by atoms with Gasteiger partial charge in [-0.05, 0) is 19.8 Å². The van der Waals surface area contributed by atoms with Gasteiger partial charge in [0.1, 0.15) is 5.76 Å². The number of morpholine rings is 1. The molecule has 2 rings (SSSR count). The van der Waals surface area contributed by atoms with Crippen molar-refractivity contribution in [2.45, 2.75) is 27.3 Å². The van der Waals surface area contributed by atoms with Crippen LogP contribution in [0, 0.1) is 19.8 Å². The predicted molar refractivity (Wildman–Crippen MR) is 106 cm³/mol. The summed E-state index contributed by atoms with van der Waals surface area (Å²) in [6.45, 7) is 12.3. The molecule has 24 heavy (non-hydrogen) atoms. The van der Waals surface area contributed by atoms with Crippen molar-refractivity contribution >= 4 is 29.9 Å². The summed E-state index contributed by atoms with van der Waals surface area (Å²) in [6.07, 6.45) is 0. The molecule has 8 heteroatoms. The van der Waals surface area contributed by atoms with Crippen molar-refractivity contribution in [2.24, 2.45) is 10.9 Å². The van der Waals surface area contributed by atoms with Gasteiger partial charge in [-0.1, -0.05) is 6.92 Å². The van der Waals surface area contributed by atoms with E-state index >= 15 is 0 Å². The number of nitrogens with zero attached hydrogens (tertiary/aromatic N) is 3. The van der Waals surface area contributed by atoms with Crippen LogP contribution >= 0.6 is 24.0 Å². The van der Waals surface area contributed by atoms with Gasteiger partial charge in [-0.2, -0.15) is 0 Å². The van der Waals surface area contributed by atoms with Gasteiger partial charge in [0.2, 0.25) is 5.89 Å². The number of oxazole rings is 1. The molecule has 138 valence electrons. The second kappa shape index (κ2) is 10.9. The van der Waals surface area contributed by atoms with Gasteiger partial charge < -0.3 is 19.8 Å². The zero-order chi connectivity index (χ0) is 16.7. The first-order valence-electron chi connectivity index (χ1n) is 8.26. The van der Waals surface area contributed by atoms with Gasteiger partial charge >= 0.3 is 0 Å². The molecule has 1 unspecified atom stereocenters. The summed E-state index contributed by atoms with van der Waals surface area (Å²) in [5.41, 5.74) is 0.934. The Kier molecular flexibility index (Phi) is 9.60. The second-order valence-electron chi connectivity index (χ2n) is 6.07. The highest BCUT2D eigenvalue weighted by molar-refractivity contribution is 14.0. The van der Waals surface area contributed by atoms with Gasteiger partial charge in [0.25, 0.3) is 0 Å². The number of ether oxygens (including phenoxy) is 1. The molecule has 0 saturated carbocycles. The summed E-state index contributed by atoms with van der Waals surface area (Å²) >= 11 is 0. The summed E-state index contributed by atoms with van der Waals surface area (Å²) in [6, 6.07) is 0. The van der Waals surface area contributed by atoms with Crippen molar-refractivity contribution in [3.8, 4) is 0 Å². The minimum atomic E-state index is 0. The van der Waals surface area contributed by atoms with Crippen LogP contribution in [0.1, 0.15) is 24.3 Å². The molecule has 0 aliphatic carbocycles. The molecule has 0 radical (unpaired) electrons. The molecule has 0 spiro atoms. The van der Waals surface area contributed by atoms with Gasteiger partial charge in [-0.15, -0.1) is 24.0 Å². The SMILES string of the molecule is CN=C(NCc1nc(C)c(C)o1)NCC(C)CN1CCOCC1.I. The fraction of sp³-hybridized carbons (Fsp3) is 0.750. The number of aliphatic imine (C=N–C) groups is 1. The lowest BCUT2D eigenvalue weighted by atomic mass is 10.1. The molecule has 1 saturated heterocycles. The fourth-order valence-electron chi connectivity index (χ4n) is 2.55. The number of guanidine groups is 1. The predicted octanol–water partition coefficient (Wildman–Crippen LogP) is 1.54. The molecule has 0 aromatic carbocycles. The van der Waals surface area contributed by atoms with E-state index in [-0.39, 0.29) is 24.0 Å².